The first-order valence-electron chi connectivity index (χ1n) is 31.0. The van der Waals surface area contributed by atoms with Crippen molar-refractivity contribution >= 4 is 62.6 Å². The molecule has 0 radical (unpaired) electrons. The number of β-amino-alcohol motifs (C(OH)–C–C–N with tert-alkyl or cyclic N) is 1. The fraction of sp³-hybridized carbons (Fsp3) is 0.493. The number of aryl methyl sites for hydroxylation is 1. The van der Waals surface area contributed by atoms with Gasteiger partial charge in [0.2, 0.25) is 11.8 Å². The standard InChI is InChI=1S/C67H79F2N11O7S/c1-9-11-24-67(8,37-86-65-74-60-51(62(75-65)79-33-46-20-21-47(34-79)73-46)32-70-59(58(60)69)50-14-12-13-44-19-22-52(68)49(10-2)57(44)50)25-23-40(5)36-85-66(84)78-28-26-77(27-29-78)55-31-54(87-76-55)56(39(3)4)64(83)80-35-48(81)30-53(80)63(82)72-41(6)43-15-17-45(18-16-43)61-42(7)71-38-88-61/h2,12-19,22,31-32,38-41,46-48,53,56,73,81H,9,11,20-21,23-30,33-37H2,1,3-8H3,(H,72,82)/t40-,41+,46?,47?,48-,53+,56-,67-/m1/s1. The molecule has 3 N–H and O–H groups in total. The van der Waals surface area contributed by atoms with Gasteiger partial charge in [0.1, 0.15) is 34.8 Å². The van der Waals surface area contributed by atoms with E-state index >= 15 is 8.78 Å². The van der Waals surface area contributed by atoms with E-state index in [0.29, 0.717) is 78.4 Å². The number of halogens is 2. The number of carbonyl (C=O) groups is 3. The number of hydrogen-bond donors (Lipinski definition) is 3. The van der Waals surface area contributed by atoms with E-state index in [2.05, 4.69) is 57.3 Å². The lowest BCUT2D eigenvalue weighted by atomic mass is 9.79. The number of benzene rings is 3. The number of carbonyl (C=O) groups excluding carboxylic acids is 3. The highest BCUT2D eigenvalue weighted by atomic mass is 32.1. The Morgan fingerprint density at radius 3 is 2.43 bits per heavy atom. The fourth-order valence-electron chi connectivity index (χ4n) is 13.1. The summed E-state index contributed by atoms with van der Waals surface area (Å²) in [5.41, 5.74) is 4.87. The number of rotatable bonds is 21. The number of aliphatic hydroxyl groups excluding tert-OH is 1. The van der Waals surface area contributed by atoms with Crippen LogP contribution in [0, 0.1) is 48.2 Å². The van der Waals surface area contributed by atoms with Crippen molar-refractivity contribution in [2.24, 2.45) is 17.3 Å². The molecule has 4 fully saturated rings. The molecule has 21 heteroatoms. The van der Waals surface area contributed by atoms with Crippen molar-refractivity contribution in [3.63, 3.8) is 0 Å². The third kappa shape index (κ3) is 13.2. The highest BCUT2D eigenvalue weighted by molar-refractivity contribution is 7.13. The Morgan fingerprint density at radius 2 is 1.73 bits per heavy atom. The van der Waals surface area contributed by atoms with Gasteiger partial charge in [0.05, 0.1) is 52.4 Å². The second kappa shape index (κ2) is 26.5. The lowest BCUT2D eigenvalue weighted by Crippen LogP contribution is -2.51. The largest absolute Gasteiger partial charge is 0.463 e. The number of fused-ring (bicyclic) bond motifs is 4. The number of unbranched alkanes of at least 4 members (excludes halogenated alkanes) is 1. The number of aliphatic hydroxyl groups is 1. The lowest BCUT2D eigenvalue weighted by molar-refractivity contribution is -0.141. The molecule has 4 aliphatic rings. The normalized spacial score (nSPS) is 20.3. The van der Waals surface area contributed by atoms with Crippen LogP contribution in [0.5, 0.6) is 6.01 Å². The molecule has 464 valence electrons. The van der Waals surface area contributed by atoms with Crippen molar-refractivity contribution in [1.82, 2.24) is 45.5 Å². The van der Waals surface area contributed by atoms with E-state index in [1.807, 2.05) is 68.4 Å². The summed E-state index contributed by atoms with van der Waals surface area (Å²) in [4.78, 5) is 69.1. The molecule has 11 rings (SSSR count). The second-order valence-corrected chi connectivity index (χ2v) is 26.1. The van der Waals surface area contributed by atoms with Crippen molar-refractivity contribution in [2.45, 2.75) is 136 Å². The van der Waals surface area contributed by atoms with Crippen LogP contribution >= 0.6 is 11.3 Å². The van der Waals surface area contributed by atoms with E-state index in [-0.39, 0.29) is 96.2 Å². The maximum absolute atomic E-state index is 17.3. The minimum absolute atomic E-state index is 0.000465. The number of ether oxygens (including phenoxy) is 2. The van der Waals surface area contributed by atoms with Crippen molar-refractivity contribution in [1.29, 1.82) is 0 Å². The van der Waals surface area contributed by atoms with E-state index < -0.39 is 35.8 Å². The minimum Gasteiger partial charge on any atom is -0.463 e. The number of nitrogens with one attached hydrogen (secondary N) is 2. The van der Waals surface area contributed by atoms with Gasteiger partial charge >= 0.3 is 12.1 Å². The molecule has 3 aromatic carbocycles. The number of piperazine rings is 2. The van der Waals surface area contributed by atoms with Gasteiger partial charge in [-0.05, 0) is 80.4 Å². The molecule has 8 atom stereocenters. The molecule has 8 heterocycles. The Kier molecular flexibility index (Phi) is 18.6. The molecule has 2 unspecified atom stereocenters. The molecular formula is C67H79F2N11O7S. The Balaban J connectivity index is 0.692. The van der Waals surface area contributed by atoms with Crippen LogP contribution in [-0.4, -0.2) is 141 Å². The van der Waals surface area contributed by atoms with Crippen LogP contribution in [0.15, 0.2) is 76.9 Å². The van der Waals surface area contributed by atoms with Gasteiger partial charge in [-0.15, -0.1) is 17.8 Å². The summed E-state index contributed by atoms with van der Waals surface area (Å²) in [5.74, 6) is 1.06. The van der Waals surface area contributed by atoms with Gasteiger partial charge < -0.3 is 49.3 Å². The maximum Gasteiger partial charge on any atom is 0.409 e. The fourth-order valence-corrected chi connectivity index (χ4v) is 13.9. The molecule has 18 nitrogen and oxygen atoms in total. The zero-order valence-electron chi connectivity index (χ0n) is 51.2. The average Bonchev–Trinajstić information content (AvgIpc) is 1.60. The summed E-state index contributed by atoms with van der Waals surface area (Å²) < 4.78 is 50.8. The Labute approximate surface area is 516 Å². The zero-order chi connectivity index (χ0) is 62.0. The average molecular weight is 1220 g/mol. The summed E-state index contributed by atoms with van der Waals surface area (Å²) >= 11 is 1.58. The van der Waals surface area contributed by atoms with Crippen molar-refractivity contribution < 1.29 is 42.3 Å². The molecule has 3 amide bonds. The molecule has 4 aliphatic heterocycles. The highest BCUT2D eigenvalue weighted by Gasteiger charge is 2.44. The number of aromatic nitrogens is 5. The summed E-state index contributed by atoms with van der Waals surface area (Å²) in [7, 11) is 0. The Bertz CT molecular complexity index is 3700. The van der Waals surface area contributed by atoms with Crippen LogP contribution in [-0.2, 0) is 14.3 Å². The molecule has 7 aromatic rings. The summed E-state index contributed by atoms with van der Waals surface area (Å²) in [6.07, 6.45) is 12.6. The maximum atomic E-state index is 17.3. The van der Waals surface area contributed by atoms with E-state index in [1.165, 1.54) is 11.0 Å². The van der Waals surface area contributed by atoms with Crippen LogP contribution in [0.1, 0.15) is 127 Å². The molecule has 4 aromatic heterocycles. The molecule has 88 heavy (non-hydrogen) atoms. The molecule has 0 spiro atoms. The monoisotopic (exact) mass is 1220 g/mol. The number of pyridine rings is 1. The Hall–Kier alpha value is -7.80. The first kappa shape index (κ1) is 61.8. The van der Waals surface area contributed by atoms with Crippen molar-refractivity contribution in [2.75, 3.05) is 68.8 Å². The van der Waals surface area contributed by atoms with Crippen LogP contribution in [0.3, 0.4) is 0 Å². The topological polar surface area (TPSA) is 205 Å². The SMILES string of the molecule is C#Cc1c(F)ccc2cccc(-c3ncc4c(N5CC6CCC(C5)N6)nc(OC[C@](C)(CCCC)CC[C@@H](C)COC(=O)N5CCN(c6cc([C@H](C(=O)N7C[C@H](O)C[C@H]7C(=O)N[C@@H](C)c7ccc(-c8scnc8C)cc7)C(C)C)on6)CC5)nc4c3F)c12. The van der Waals surface area contributed by atoms with Gasteiger partial charge in [0.15, 0.2) is 17.4 Å². The van der Waals surface area contributed by atoms with Gasteiger partial charge in [-0.25, -0.2) is 18.6 Å². The first-order valence-corrected chi connectivity index (χ1v) is 31.9. The molecular weight excluding hydrogens is 1140 g/mol. The zero-order valence-corrected chi connectivity index (χ0v) is 52.0. The van der Waals surface area contributed by atoms with Crippen LogP contribution in [0.4, 0.5) is 25.2 Å². The predicted molar refractivity (Wildman–Crippen MR) is 336 cm³/mol. The second-order valence-electron chi connectivity index (χ2n) is 25.2. The summed E-state index contributed by atoms with van der Waals surface area (Å²) in [5, 5.41) is 23.5. The highest BCUT2D eigenvalue weighted by Crippen LogP contribution is 2.40. The molecule has 4 saturated heterocycles. The number of nitrogens with zero attached hydrogens (tertiary/aromatic N) is 9. The lowest BCUT2D eigenvalue weighted by Gasteiger charge is -2.34. The van der Waals surface area contributed by atoms with Crippen LogP contribution < -0.4 is 25.2 Å². The van der Waals surface area contributed by atoms with E-state index in [1.54, 1.807) is 46.7 Å². The van der Waals surface area contributed by atoms with Gasteiger partial charge in [-0.2, -0.15) is 9.97 Å². The molecule has 2 bridgehead atoms. The Morgan fingerprint density at radius 1 is 0.966 bits per heavy atom. The number of amides is 3. The number of likely N-dealkylation sites (tertiary alicyclic amines) is 1. The minimum atomic E-state index is -0.869. The number of terminal acetylenes is 1. The van der Waals surface area contributed by atoms with Crippen molar-refractivity contribution in [3.8, 4) is 40.1 Å². The smallest absolute Gasteiger partial charge is 0.409 e. The predicted octanol–water partition coefficient (Wildman–Crippen LogP) is 11.0. The third-order valence-corrected chi connectivity index (χ3v) is 19.2. The number of anilines is 2. The van der Waals surface area contributed by atoms with Crippen LogP contribution in [0.2, 0.25) is 0 Å². The summed E-state index contributed by atoms with van der Waals surface area (Å²) in [6, 6.07) is 17.4. The molecule has 0 saturated carbocycles. The first-order chi connectivity index (χ1) is 42.4. The van der Waals surface area contributed by atoms with Gasteiger partial charge in [0.25, 0.3) is 0 Å². The van der Waals surface area contributed by atoms with Gasteiger partial charge in [0, 0.05) is 92.9 Å². The quantitative estimate of drug-likeness (QED) is 0.0573. The van der Waals surface area contributed by atoms with E-state index in [9.17, 15) is 19.5 Å². The third-order valence-electron chi connectivity index (χ3n) is 18.2. The van der Waals surface area contributed by atoms with Gasteiger partial charge in [-0.1, -0.05) is 107 Å². The summed E-state index contributed by atoms with van der Waals surface area (Å²) in [6.45, 7) is 17.7. The molecule has 0 aliphatic carbocycles. The van der Waals surface area contributed by atoms with E-state index in [4.69, 9.17) is 30.4 Å². The number of hydrogen-bond acceptors (Lipinski definition) is 16. The van der Waals surface area contributed by atoms with Crippen molar-refractivity contribution in [3.05, 3.63) is 107 Å². The van der Waals surface area contributed by atoms with Crippen LogP contribution in [0.25, 0.3) is 43.4 Å². The van der Waals surface area contributed by atoms with E-state index in [0.717, 1.165) is 66.6 Å². The number of thiazole rings is 1. The van der Waals surface area contributed by atoms with Gasteiger partial charge in [-0.3, -0.25) is 14.6 Å².